The number of unbranched alkanes of at least 4 members (excludes halogenated alkanes) is 1. The molecule has 0 aromatic carbocycles. The van der Waals surface area contributed by atoms with Crippen molar-refractivity contribution in [3.63, 3.8) is 0 Å². The molecule has 0 aromatic rings. The average molecular weight is 359 g/mol. The third-order valence-electron chi connectivity index (χ3n) is 4.50. The topological polar surface area (TPSA) is 0 Å². The first-order chi connectivity index (χ1) is 8.22. The molecule has 0 atom stereocenters. The number of rotatable bonds is 7. The van der Waals surface area contributed by atoms with E-state index in [2.05, 4.69) is 65.8 Å². The van der Waals surface area contributed by atoms with E-state index in [0.29, 0.717) is 0 Å². The minimum absolute atomic E-state index is 0. The zero-order valence-corrected chi connectivity index (χ0v) is 20.8. The Kier molecular flexibility index (Phi) is 9.64. The second-order valence-corrected chi connectivity index (χ2v) is 43.0. The summed E-state index contributed by atoms with van der Waals surface area (Å²) in [5.74, 6) is 0. The van der Waals surface area contributed by atoms with E-state index in [1.807, 2.05) is 0 Å². The van der Waals surface area contributed by atoms with Gasteiger partial charge in [0, 0.05) is 15.2 Å². The number of hydrogen-bond acceptors (Lipinski definition) is 0. The Morgan fingerprint density at radius 3 is 1.35 bits per heavy atom. The monoisotopic (exact) mass is 358 g/mol. The summed E-state index contributed by atoms with van der Waals surface area (Å²) in [5, 5.41) is 0. The molecule has 0 rings (SSSR count). The number of halogens is 1. The molecule has 0 bridgehead atoms. The predicted molar refractivity (Wildman–Crippen MR) is 105 cm³/mol. The molecule has 0 aliphatic carbocycles. The molecule has 0 fully saturated rings. The van der Waals surface area contributed by atoms with E-state index in [1.165, 1.54) is 18.9 Å². The Morgan fingerprint density at radius 1 is 0.800 bits per heavy atom. The molecule has 116 valence electrons. The normalized spacial score (nSPS) is 14.4. The Hall–Kier alpha value is 1.75. The molecule has 0 heterocycles. The van der Waals surface area contributed by atoms with Crippen LogP contribution in [0.1, 0.15) is 19.8 Å². The largest absolute Gasteiger partial charge is 1.00 e. The Labute approximate surface area is 149 Å². The van der Waals surface area contributed by atoms with Crippen molar-refractivity contribution in [1.29, 1.82) is 0 Å². The molecular weight excluding hydrogens is 323 g/mol. The molecular formula is C14H36ClLiSi4. The maximum absolute atomic E-state index is 7.19. The summed E-state index contributed by atoms with van der Waals surface area (Å²) in [6, 6.07) is 1.47. The van der Waals surface area contributed by atoms with E-state index >= 15 is 0 Å². The van der Waals surface area contributed by atoms with E-state index in [0.717, 1.165) is 0 Å². The second kappa shape index (κ2) is 8.03. The zero-order valence-electron chi connectivity index (χ0n) is 16.0. The van der Waals surface area contributed by atoms with Crippen molar-refractivity contribution in [2.24, 2.45) is 0 Å². The number of hydrogen-bond donors (Lipinski definition) is 0. The van der Waals surface area contributed by atoms with E-state index in [-0.39, 0.29) is 18.9 Å². The van der Waals surface area contributed by atoms with Gasteiger partial charge in [0.1, 0.15) is 0 Å². The van der Waals surface area contributed by atoms with Crippen LogP contribution < -0.4 is 18.9 Å². The van der Waals surface area contributed by atoms with Crippen LogP contribution in [0, 0.1) is 4.62 Å². The van der Waals surface area contributed by atoms with Gasteiger partial charge < -0.3 is 11.6 Å². The summed E-state index contributed by atoms with van der Waals surface area (Å²) >= 11 is 7.19. The van der Waals surface area contributed by atoms with Gasteiger partial charge in [0.15, 0.2) is 0 Å². The van der Waals surface area contributed by atoms with Crippen LogP contribution in [0.2, 0.25) is 65.0 Å². The van der Waals surface area contributed by atoms with Gasteiger partial charge in [-0.3, -0.25) is 0 Å². The standard InChI is InChI=1S/C14H36ClSi4.Li/c1-11-12-13-19(17(5,6)7,18(8,9)10)14(15)16(2,3)4;/h11-13H2,1-10H3;/q-1;+1. The van der Waals surface area contributed by atoms with Crippen LogP contribution in [0.3, 0.4) is 0 Å². The van der Waals surface area contributed by atoms with Gasteiger partial charge in [0.05, 0.1) is 0 Å². The average Bonchev–Trinajstić information content (AvgIpc) is 2.12. The molecule has 0 aromatic heterocycles. The van der Waals surface area contributed by atoms with Crippen LogP contribution in [0.25, 0.3) is 0 Å². The van der Waals surface area contributed by atoms with E-state index in [1.54, 1.807) is 4.62 Å². The summed E-state index contributed by atoms with van der Waals surface area (Å²) in [5.41, 5.74) is 0. The van der Waals surface area contributed by atoms with Gasteiger partial charge in [-0.05, 0) is 0 Å². The molecule has 0 nitrogen and oxygen atoms in total. The predicted octanol–water partition coefficient (Wildman–Crippen LogP) is 3.26. The first-order valence-corrected chi connectivity index (χ1v) is 22.8. The summed E-state index contributed by atoms with van der Waals surface area (Å²) < 4.78 is 1.55. The van der Waals surface area contributed by atoms with Gasteiger partial charge in [-0.15, -0.1) is 0 Å². The van der Waals surface area contributed by atoms with Crippen LogP contribution in [0.15, 0.2) is 0 Å². The van der Waals surface area contributed by atoms with Crippen molar-refractivity contribution in [1.82, 2.24) is 0 Å². The SMILES string of the molecule is CCCC[Si]([C-](Cl)[Si](C)(C)C)([Si](C)(C)C)[Si](C)(C)C.[Li+]. The van der Waals surface area contributed by atoms with Gasteiger partial charge >= 0.3 is 18.9 Å². The summed E-state index contributed by atoms with van der Waals surface area (Å²) in [4.78, 5) is 0. The fourth-order valence-corrected chi connectivity index (χ4v) is 70.8. The summed E-state index contributed by atoms with van der Waals surface area (Å²) in [6.45, 7) is 25.4. The van der Waals surface area contributed by atoms with Gasteiger partial charge in [0.25, 0.3) is 0 Å². The quantitative estimate of drug-likeness (QED) is 0.484. The van der Waals surface area contributed by atoms with Crippen molar-refractivity contribution in [3.8, 4) is 0 Å². The fraction of sp³-hybridized carbons (Fsp3) is 0.929. The van der Waals surface area contributed by atoms with E-state index in [4.69, 9.17) is 11.6 Å². The van der Waals surface area contributed by atoms with E-state index < -0.39 is 30.4 Å². The van der Waals surface area contributed by atoms with Crippen LogP contribution in [-0.4, -0.2) is 30.4 Å². The van der Waals surface area contributed by atoms with E-state index in [9.17, 15) is 0 Å². The Bertz CT molecular complexity index is 275. The van der Waals surface area contributed by atoms with Crippen LogP contribution >= 0.6 is 11.6 Å². The second-order valence-electron chi connectivity index (χ2n) is 9.07. The molecule has 0 unspecified atom stereocenters. The fourth-order valence-electron chi connectivity index (χ4n) is 3.73. The summed E-state index contributed by atoms with van der Waals surface area (Å²) in [6.07, 6.45) is 2.71. The minimum Gasteiger partial charge on any atom is -0.350 e. The third kappa shape index (κ3) is 5.14. The van der Waals surface area contributed by atoms with Crippen LogP contribution in [0.5, 0.6) is 0 Å². The molecule has 20 heavy (non-hydrogen) atoms. The third-order valence-corrected chi connectivity index (χ3v) is 53.3. The van der Waals surface area contributed by atoms with Gasteiger partial charge in [-0.1, -0.05) is 99.9 Å². The summed E-state index contributed by atoms with van der Waals surface area (Å²) in [7, 11) is -5.22. The molecule has 0 amide bonds. The molecule has 0 N–H and O–H groups in total. The molecule has 0 aliphatic heterocycles. The Balaban J connectivity index is 0. The van der Waals surface area contributed by atoms with Crippen molar-refractivity contribution >= 4 is 42.0 Å². The molecule has 6 heteroatoms. The van der Waals surface area contributed by atoms with Gasteiger partial charge in [0.2, 0.25) is 0 Å². The van der Waals surface area contributed by atoms with Crippen molar-refractivity contribution in [2.45, 2.75) is 84.7 Å². The van der Waals surface area contributed by atoms with Gasteiger partial charge in [-0.25, -0.2) is 4.62 Å². The first-order valence-electron chi connectivity index (χ1n) is 7.75. The molecule has 0 saturated carbocycles. The van der Waals surface area contributed by atoms with Crippen molar-refractivity contribution in [2.75, 3.05) is 0 Å². The first kappa shape index (κ1) is 24.0. The Morgan fingerprint density at radius 2 is 1.15 bits per heavy atom. The minimum atomic E-state index is -1.44. The van der Waals surface area contributed by atoms with Crippen LogP contribution in [0.4, 0.5) is 0 Å². The smallest absolute Gasteiger partial charge is 0.350 e. The van der Waals surface area contributed by atoms with Crippen molar-refractivity contribution in [3.05, 3.63) is 4.62 Å². The molecule has 0 spiro atoms. The van der Waals surface area contributed by atoms with Crippen molar-refractivity contribution < 1.29 is 18.9 Å². The molecule has 0 aliphatic rings. The maximum atomic E-state index is 7.19. The molecule has 0 saturated heterocycles. The zero-order chi connectivity index (χ0) is 15.7. The maximum Gasteiger partial charge on any atom is 1.00 e. The van der Waals surface area contributed by atoms with Gasteiger partial charge in [-0.2, -0.15) is 0 Å². The molecule has 0 radical (unpaired) electrons. The van der Waals surface area contributed by atoms with Crippen LogP contribution in [-0.2, 0) is 0 Å².